The van der Waals surface area contributed by atoms with Crippen LogP contribution in [0.25, 0.3) is 0 Å². The third kappa shape index (κ3) is 5.58. The summed E-state index contributed by atoms with van der Waals surface area (Å²) in [5.41, 5.74) is 0. The van der Waals surface area contributed by atoms with Gasteiger partial charge in [0.15, 0.2) is 0 Å². The Morgan fingerprint density at radius 3 is 2.50 bits per heavy atom. The summed E-state index contributed by atoms with van der Waals surface area (Å²) in [6, 6.07) is 5.42. The molecule has 2 aromatic heterocycles. The molecule has 3 heterocycles. The fourth-order valence-corrected chi connectivity index (χ4v) is 1.68. The van der Waals surface area contributed by atoms with E-state index in [0.29, 0.717) is 11.0 Å². The topological polar surface area (TPSA) is 59.9 Å². The maximum atomic E-state index is 5.56. The lowest BCUT2D eigenvalue weighted by atomic mass is 10.2. The molecule has 0 radical (unpaired) electrons. The number of halogens is 3. The van der Waals surface area contributed by atoms with Crippen LogP contribution in [0.5, 0.6) is 5.88 Å². The lowest BCUT2D eigenvalue weighted by molar-refractivity contribution is 0.135. The first-order valence-corrected chi connectivity index (χ1v) is 6.82. The van der Waals surface area contributed by atoms with Crippen LogP contribution in [-0.2, 0) is 0 Å². The Morgan fingerprint density at radius 1 is 1.25 bits per heavy atom. The molecular formula is C12H13BrCl2N4O. The van der Waals surface area contributed by atoms with E-state index in [1.54, 1.807) is 18.5 Å². The van der Waals surface area contributed by atoms with Crippen molar-refractivity contribution in [1.29, 1.82) is 0 Å². The quantitative estimate of drug-likeness (QED) is 0.813. The van der Waals surface area contributed by atoms with Gasteiger partial charge in [0.25, 0.3) is 0 Å². The molecule has 0 atom stereocenters. The van der Waals surface area contributed by atoms with Crippen molar-refractivity contribution in [2.45, 2.75) is 6.10 Å². The highest BCUT2D eigenvalue weighted by molar-refractivity contribution is 9.10. The van der Waals surface area contributed by atoms with Gasteiger partial charge >= 0.3 is 0 Å². The fraction of sp³-hybridized carbons (Fsp3) is 0.250. The zero-order chi connectivity index (χ0) is 13.5. The van der Waals surface area contributed by atoms with Gasteiger partial charge in [-0.25, -0.2) is 15.0 Å². The van der Waals surface area contributed by atoms with E-state index < -0.39 is 0 Å². The van der Waals surface area contributed by atoms with Crippen molar-refractivity contribution in [3.63, 3.8) is 0 Å². The number of rotatable bonds is 2. The largest absolute Gasteiger partial charge is 0.471 e. The van der Waals surface area contributed by atoms with Crippen molar-refractivity contribution in [2.75, 3.05) is 13.1 Å². The molecule has 0 aliphatic carbocycles. The second-order valence-corrected chi connectivity index (χ2v) is 4.96. The summed E-state index contributed by atoms with van der Waals surface area (Å²) < 4.78 is 6.47. The van der Waals surface area contributed by atoms with Crippen LogP contribution < -0.4 is 10.1 Å². The van der Waals surface area contributed by atoms with Crippen molar-refractivity contribution < 1.29 is 4.74 Å². The Balaban J connectivity index is 0.000000216. The molecule has 20 heavy (non-hydrogen) atoms. The average molecular weight is 380 g/mol. The number of nitrogens with one attached hydrogen (secondary N) is 1. The molecule has 3 rings (SSSR count). The van der Waals surface area contributed by atoms with E-state index in [4.69, 9.17) is 16.3 Å². The Morgan fingerprint density at radius 2 is 2.05 bits per heavy atom. The molecule has 0 spiro atoms. The Kier molecular flexibility index (Phi) is 7.76. The standard InChI is InChI=1S/C8H9BrN2O.C4H3ClN2.ClH/c9-7-2-1-3-11-8(7)12-6-4-10-5-6;5-4-1-2-6-3-7-4;/h1-3,6,10H,4-5H2;1-3H;1H. The lowest BCUT2D eigenvalue weighted by Gasteiger charge is -2.27. The molecule has 5 nitrogen and oxygen atoms in total. The van der Waals surface area contributed by atoms with E-state index in [1.165, 1.54) is 6.33 Å². The second kappa shape index (κ2) is 9.07. The first kappa shape index (κ1) is 17.1. The van der Waals surface area contributed by atoms with Crippen molar-refractivity contribution in [2.24, 2.45) is 0 Å². The van der Waals surface area contributed by atoms with E-state index in [9.17, 15) is 0 Å². The third-order valence-electron chi connectivity index (χ3n) is 2.29. The van der Waals surface area contributed by atoms with Crippen LogP contribution in [0.4, 0.5) is 0 Å². The molecule has 0 amide bonds. The van der Waals surface area contributed by atoms with Gasteiger partial charge in [0, 0.05) is 25.5 Å². The van der Waals surface area contributed by atoms with Gasteiger partial charge in [-0.2, -0.15) is 0 Å². The molecule has 1 N–H and O–H groups in total. The summed E-state index contributed by atoms with van der Waals surface area (Å²) in [5, 5.41) is 3.61. The van der Waals surface area contributed by atoms with Gasteiger partial charge in [-0.05, 0) is 34.1 Å². The van der Waals surface area contributed by atoms with Gasteiger partial charge < -0.3 is 10.1 Å². The van der Waals surface area contributed by atoms with Crippen LogP contribution in [0.3, 0.4) is 0 Å². The zero-order valence-electron chi connectivity index (χ0n) is 10.4. The van der Waals surface area contributed by atoms with E-state index in [-0.39, 0.29) is 18.5 Å². The Labute approximate surface area is 136 Å². The van der Waals surface area contributed by atoms with E-state index >= 15 is 0 Å². The van der Waals surface area contributed by atoms with E-state index in [2.05, 4.69) is 36.2 Å². The first-order chi connectivity index (χ1) is 9.25. The molecule has 1 aliphatic rings. The minimum atomic E-state index is 0. The van der Waals surface area contributed by atoms with Crippen LogP contribution in [0, 0.1) is 0 Å². The van der Waals surface area contributed by atoms with E-state index in [0.717, 1.165) is 17.6 Å². The maximum Gasteiger partial charge on any atom is 0.228 e. The Bertz CT molecular complexity index is 514. The second-order valence-electron chi connectivity index (χ2n) is 3.72. The van der Waals surface area contributed by atoms with E-state index in [1.807, 2.05) is 12.1 Å². The predicted molar refractivity (Wildman–Crippen MR) is 83.5 cm³/mol. The van der Waals surface area contributed by atoms with Crippen molar-refractivity contribution in [1.82, 2.24) is 20.3 Å². The van der Waals surface area contributed by atoms with Gasteiger partial charge in [-0.1, -0.05) is 11.6 Å². The van der Waals surface area contributed by atoms with Gasteiger partial charge in [0.2, 0.25) is 5.88 Å². The summed E-state index contributed by atoms with van der Waals surface area (Å²) in [4.78, 5) is 11.4. The molecule has 108 valence electrons. The molecule has 0 unspecified atom stereocenters. The minimum Gasteiger partial charge on any atom is -0.471 e. The number of aromatic nitrogens is 3. The number of ether oxygens (including phenoxy) is 1. The monoisotopic (exact) mass is 378 g/mol. The molecule has 1 saturated heterocycles. The van der Waals surface area contributed by atoms with Crippen LogP contribution in [-0.4, -0.2) is 34.1 Å². The van der Waals surface area contributed by atoms with Crippen LogP contribution >= 0.6 is 39.9 Å². The van der Waals surface area contributed by atoms with Gasteiger partial charge in [-0.15, -0.1) is 12.4 Å². The van der Waals surface area contributed by atoms with Gasteiger partial charge in [0.1, 0.15) is 17.6 Å². The van der Waals surface area contributed by atoms with Gasteiger partial charge in [0.05, 0.1) is 4.47 Å². The summed E-state index contributed by atoms with van der Waals surface area (Å²) in [5.74, 6) is 0.684. The summed E-state index contributed by atoms with van der Waals surface area (Å²) in [7, 11) is 0. The SMILES string of the molecule is Brc1cccnc1OC1CNC1.Cl.Clc1ccncn1. The number of hydrogen-bond acceptors (Lipinski definition) is 5. The number of nitrogens with zero attached hydrogens (tertiary/aromatic N) is 3. The molecule has 1 fully saturated rings. The predicted octanol–water partition coefficient (Wildman–Crippen LogP) is 2.75. The summed E-state index contributed by atoms with van der Waals surface area (Å²) in [6.07, 6.45) is 5.01. The highest BCUT2D eigenvalue weighted by Gasteiger charge is 2.19. The smallest absolute Gasteiger partial charge is 0.228 e. The van der Waals surface area contributed by atoms with Crippen molar-refractivity contribution >= 4 is 39.9 Å². The highest BCUT2D eigenvalue weighted by atomic mass is 79.9. The molecule has 1 aliphatic heterocycles. The molecule has 8 heteroatoms. The van der Waals surface area contributed by atoms with Crippen molar-refractivity contribution in [3.05, 3.63) is 46.5 Å². The fourth-order valence-electron chi connectivity index (χ4n) is 1.24. The molecule has 2 aromatic rings. The van der Waals surface area contributed by atoms with Gasteiger partial charge in [-0.3, -0.25) is 0 Å². The lowest BCUT2D eigenvalue weighted by Crippen LogP contribution is -2.50. The molecule has 0 saturated carbocycles. The third-order valence-corrected chi connectivity index (χ3v) is 3.12. The first-order valence-electron chi connectivity index (χ1n) is 5.65. The normalized spacial score (nSPS) is 13.3. The minimum absolute atomic E-state index is 0. The maximum absolute atomic E-state index is 5.56. The van der Waals surface area contributed by atoms with Crippen LogP contribution in [0.2, 0.25) is 5.15 Å². The molecule has 0 aromatic carbocycles. The highest BCUT2D eigenvalue weighted by Crippen LogP contribution is 2.22. The van der Waals surface area contributed by atoms with Crippen LogP contribution in [0.1, 0.15) is 0 Å². The number of pyridine rings is 1. The summed E-state index contributed by atoms with van der Waals surface area (Å²) >= 11 is 8.76. The zero-order valence-corrected chi connectivity index (χ0v) is 13.5. The number of hydrogen-bond donors (Lipinski definition) is 1. The molecule has 0 bridgehead atoms. The van der Waals surface area contributed by atoms with Crippen LogP contribution in [0.15, 0.2) is 41.4 Å². The Hall–Kier alpha value is -0.950. The average Bonchev–Trinajstić information content (AvgIpc) is 2.37. The molecular weight excluding hydrogens is 367 g/mol. The summed E-state index contributed by atoms with van der Waals surface area (Å²) in [6.45, 7) is 1.84. The van der Waals surface area contributed by atoms with Crippen molar-refractivity contribution in [3.8, 4) is 5.88 Å².